The van der Waals surface area contributed by atoms with Crippen LogP contribution in [0.4, 0.5) is 0 Å². The van der Waals surface area contributed by atoms with Crippen LogP contribution in [0.15, 0.2) is 115 Å². The van der Waals surface area contributed by atoms with Gasteiger partial charge < -0.3 is 0 Å². The van der Waals surface area contributed by atoms with Crippen molar-refractivity contribution in [2.24, 2.45) is 0 Å². The summed E-state index contributed by atoms with van der Waals surface area (Å²) in [5.74, 6) is -0.527. The molecule has 4 rings (SSSR count). The van der Waals surface area contributed by atoms with Crippen LogP contribution in [0.1, 0.15) is 17.8 Å². The third-order valence-corrected chi connectivity index (χ3v) is 19.6. The van der Waals surface area contributed by atoms with Crippen LogP contribution in [0.5, 0.6) is 5.75 Å². The van der Waals surface area contributed by atoms with Gasteiger partial charge in [0.25, 0.3) is 0 Å². The zero-order valence-corrected chi connectivity index (χ0v) is 25.4. The van der Waals surface area contributed by atoms with Gasteiger partial charge in [-0.3, -0.25) is 0 Å². The van der Waals surface area contributed by atoms with E-state index in [0.717, 1.165) is 0 Å². The number of carbonyl (C=O) groups is 1. The van der Waals surface area contributed by atoms with Gasteiger partial charge in [0.15, 0.2) is 0 Å². The third-order valence-electron chi connectivity index (χ3n) is 7.08. The Kier molecular flexibility index (Phi) is 9.81. The Morgan fingerprint density at radius 3 is 1.54 bits per heavy atom. The fourth-order valence-corrected chi connectivity index (χ4v) is 16.4. The molecular weight excluding hydrogens is 570 g/mol. The second-order valence-corrected chi connectivity index (χ2v) is 20.0. The maximum atomic E-state index is 13.6. The van der Waals surface area contributed by atoms with Gasteiger partial charge in [0.2, 0.25) is 0 Å². The molecule has 0 aromatic heterocycles. The molecule has 39 heavy (non-hydrogen) atoms. The average Bonchev–Trinajstić information content (AvgIpc) is 3.01. The normalized spacial score (nSPS) is 12.5. The first kappa shape index (κ1) is 28.8. The zero-order valence-electron chi connectivity index (χ0n) is 22.4. The molecule has 8 heteroatoms. The van der Waals surface area contributed by atoms with Crippen molar-refractivity contribution in [3.8, 4) is 5.75 Å². The Bertz CT molecular complexity index is 1280. The van der Waals surface area contributed by atoms with Crippen molar-refractivity contribution in [1.29, 1.82) is 0 Å². The summed E-state index contributed by atoms with van der Waals surface area (Å²) >= 11 is -3.31. The van der Waals surface area contributed by atoms with Crippen LogP contribution in [-0.2, 0) is 18.4 Å². The topological polar surface area (TPSA) is 73.9 Å². The van der Waals surface area contributed by atoms with Crippen LogP contribution in [0.2, 0.25) is 5.25 Å². The molecule has 6 nitrogen and oxygen atoms in total. The molecule has 0 aliphatic carbocycles. The third kappa shape index (κ3) is 6.36. The Hall–Kier alpha value is -3.16. The molecule has 0 spiro atoms. The van der Waals surface area contributed by atoms with Crippen LogP contribution in [-0.4, -0.2) is 40.5 Å². The van der Waals surface area contributed by atoms with E-state index >= 15 is 0 Å². The fraction of sp³-hybridized carbons (Fsp3) is 0.194. The van der Waals surface area contributed by atoms with Crippen LogP contribution < -0.4 is 23.2 Å². The predicted molar refractivity (Wildman–Crippen MR) is 159 cm³/mol. The number of hydrogen-bond acceptors (Lipinski definition) is 5. The van der Waals surface area contributed by atoms with Crippen molar-refractivity contribution in [2.75, 3.05) is 21.3 Å². The van der Waals surface area contributed by atoms with Gasteiger partial charge in [0.05, 0.1) is 0 Å². The molecule has 4 aromatic carbocycles. The van der Waals surface area contributed by atoms with E-state index < -0.39 is 26.6 Å². The van der Waals surface area contributed by atoms with Crippen molar-refractivity contribution in [3.63, 3.8) is 0 Å². The summed E-state index contributed by atoms with van der Waals surface area (Å²) < 4.78 is 33.2. The molecule has 202 valence electrons. The quantitative estimate of drug-likeness (QED) is 0.185. The van der Waals surface area contributed by atoms with E-state index in [9.17, 15) is 9.36 Å². The molecular formula is C31H34GeNO5P. The average molecular weight is 604 g/mol. The van der Waals surface area contributed by atoms with Gasteiger partial charge in [0, 0.05) is 0 Å². The number of benzene rings is 4. The molecule has 1 unspecified atom stereocenters. The van der Waals surface area contributed by atoms with Crippen LogP contribution >= 0.6 is 7.60 Å². The van der Waals surface area contributed by atoms with Gasteiger partial charge in [-0.2, -0.15) is 0 Å². The molecule has 0 bridgehead atoms. The Morgan fingerprint density at radius 2 is 1.15 bits per heavy atom. The number of nitrogens with one attached hydrogen (secondary N) is 1. The predicted octanol–water partition coefficient (Wildman–Crippen LogP) is 4.86. The maximum absolute atomic E-state index is 13.6. The van der Waals surface area contributed by atoms with Crippen molar-refractivity contribution >= 4 is 40.0 Å². The van der Waals surface area contributed by atoms with Crippen molar-refractivity contribution in [1.82, 2.24) is 5.32 Å². The first-order valence-electron chi connectivity index (χ1n) is 12.8. The van der Waals surface area contributed by atoms with Gasteiger partial charge in [-0.15, -0.1) is 0 Å². The van der Waals surface area contributed by atoms with E-state index in [2.05, 4.69) is 78.1 Å². The number of carbonyl (C=O) groups excluding carboxylic acids is 1. The van der Waals surface area contributed by atoms with Gasteiger partial charge in [-0.05, 0) is 0 Å². The van der Waals surface area contributed by atoms with Gasteiger partial charge in [-0.25, -0.2) is 0 Å². The van der Waals surface area contributed by atoms with E-state index in [-0.39, 0.29) is 12.3 Å². The number of rotatable bonds is 12. The number of ether oxygens (including phenoxy) is 1. The molecule has 0 fully saturated rings. The summed E-state index contributed by atoms with van der Waals surface area (Å²) in [5.41, 5.74) is 0.609. The molecule has 4 aromatic rings. The second kappa shape index (κ2) is 13.3. The SMILES string of the molecule is COc1ccc(C(NC(=O)C[CH2][Ge]([c]2ccccc2)([c]2ccccc2)[c]2ccccc2)P(=O)(OC)OC)cc1. The van der Waals surface area contributed by atoms with E-state index in [1.54, 1.807) is 31.4 Å². The van der Waals surface area contributed by atoms with E-state index in [1.165, 1.54) is 27.4 Å². The van der Waals surface area contributed by atoms with E-state index in [0.29, 0.717) is 16.6 Å². The summed E-state index contributed by atoms with van der Waals surface area (Å²) in [6, 6.07) is 38.6. The summed E-state index contributed by atoms with van der Waals surface area (Å²) in [6.07, 6.45) is 0.249. The van der Waals surface area contributed by atoms with Crippen molar-refractivity contribution in [2.45, 2.75) is 17.5 Å². The molecule has 0 saturated carbocycles. The summed E-state index contributed by atoms with van der Waals surface area (Å²) in [5, 5.41) is 3.65. The Labute approximate surface area is 233 Å². The molecule has 0 aliphatic heterocycles. The first-order chi connectivity index (χ1) is 19.0. The summed E-state index contributed by atoms with van der Waals surface area (Å²) in [4.78, 5) is 13.6. The zero-order chi connectivity index (χ0) is 27.7. The minimum absolute atomic E-state index is 0.220. The minimum atomic E-state index is -3.69. The summed E-state index contributed by atoms with van der Waals surface area (Å²) in [7, 11) is 0.544. The molecule has 0 heterocycles. The van der Waals surface area contributed by atoms with Crippen LogP contribution in [0, 0.1) is 0 Å². The van der Waals surface area contributed by atoms with Gasteiger partial charge >= 0.3 is 234 Å². The standard InChI is InChI=1S/C31H34GeNO5P/c1-36-29-21-19-25(20-22-29)31(39(35,37-2)38-3)33-30(34)23-24-32(26-13-7-4-8-14-26,27-15-9-5-10-16-27)28-17-11-6-12-18-28/h4-22,31H,23-24H2,1-3H3,(H,33,34). The number of hydrogen-bond donors (Lipinski definition) is 1. The summed E-state index contributed by atoms with van der Waals surface area (Å²) in [6.45, 7) is 0. The molecule has 0 aliphatic rings. The molecule has 0 saturated heterocycles. The monoisotopic (exact) mass is 605 g/mol. The van der Waals surface area contributed by atoms with Crippen molar-refractivity contribution < 1.29 is 23.1 Å². The molecule has 1 atom stereocenters. The van der Waals surface area contributed by atoms with E-state index in [1.807, 2.05) is 18.2 Å². The van der Waals surface area contributed by atoms with Gasteiger partial charge in [0.1, 0.15) is 0 Å². The number of amides is 1. The van der Waals surface area contributed by atoms with Crippen molar-refractivity contribution in [3.05, 3.63) is 121 Å². The van der Waals surface area contributed by atoms with E-state index in [4.69, 9.17) is 13.8 Å². The molecule has 1 N–H and O–H groups in total. The van der Waals surface area contributed by atoms with Crippen LogP contribution in [0.3, 0.4) is 0 Å². The fourth-order valence-electron chi connectivity index (χ4n) is 5.04. The molecule has 1 amide bonds. The Morgan fingerprint density at radius 1 is 0.718 bits per heavy atom. The van der Waals surface area contributed by atoms with Crippen LogP contribution in [0.25, 0.3) is 0 Å². The van der Waals surface area contributed by atoms with Gasteiger partial charge in [-0.1, -0.05) is 0 Å². The number of methoxy groups -OCH3 is 1. The first-order valence-corrected chi connectivity index (χ1v) is 19.0. The second-order valence-electron chi connectivity index (χ2n) is 9.15. The Balaban J connectivity index is 1.70. The molecule has 0 radical (unpaired) electrons.